The van der Waals surface area contributed by atoms with E-state index in [1.807, 2.05) is 23.9 Å². The van der Waals surface area contributed by atoms with Gasteiger partial charge in [-0.3, -0.25) is 4.90 Å². The van der Waals surface area contributed by atoms with Crippen LogP contribution in [0.2, 0.25) is 0 Å². The number of aryl methyl sites for hydroxylation is 1. The van der Waals surface area contributed by atoms with Gasteiger partial charge in [-0.2, -0.15) is 11.8 Å². The predicted octanol–water partition coefficient (Wildman–Crippen LogP) is 3.19. The van der Waals surface area contributed by atoms with Crippen LogP contribution < -0.4 is 4.74 Å². The molecule has 5 heteroatoms. The van der Waals surface area contributed by atoms with Crippen molar-refractivity contribution in [1.82, 2.24) is 4.90 Å². The molecule has 0 spiro atoms. The summed E-state index contributed by atoms with van der Waals surface area (Å²) in [7, 11) is 0. The van der Waals surface area contributed by atoms with Gasteiger partial charge < -0.3 is 14.2 Å². The van der Waals surface area contributed by atoms with Crippen LogP contribution in [0.1, 0.15) is 18.9 Å². The van der Waals surface area contributed by atoms with E-state index in [-0.39, 0.29) is 6.10 Å². The molecule has 1 saturated heterocycles. The van der Waals surface area contributed by atoms with E-state index in [2.05, 4.69) is 30.9 Å². The van der Waals surface area contributed by atoms with Crippen LogP contribution in [0.4, 0.5) is 0 Å². The Bertz CT molecular complexity index is 421. The van der Waals surface area contributed by atoms with Crippen LogP contribution in [-0.4, -0.2) is 62.2 Å². The van der Waals surface area contributed by atoms with Gasteiger partial charge in [0.05, 0.1) is 19.9 Å². The maximum atomic E-state index is 6.10. The molecule has 1 unspecified atom stereocenters. The van der Waals surface area contributed by atoms with Crippen molar-refractivity contribution in [2.75, 3.05) is 51.1 Å². The van der Waals surface area contributed by atoms with Crippen molar-refractivity contribution in [1.29, 1.82) is 0 Å². The highest BCUT2D eigenvalue weighted by atomic mass is 32.2. The summed E-state index contributed by atoms with van der Waals surface area (Å²) in [4.78, 5) is 2.30. The zero-order valence-electron chi connectivity index (χ0n) is 14.3. The third-order valence-electron chi connectivity index (χ3n) is 3.71. The summed E-state index contributed by atoms with van der Waals surface area (Å²) in [5, 5.41) is 0. The maximum absolute atomic E-state index is 6.10. The standard InChI is InChI=1S/C18H29NO3S/c1-3-12-23-14-18(22-15-19-8-10-20-11-9-19)13-21-17-6-4-16(2)5-7-17/h4-7,18H,3,8-15H2,1-2H3. The van der Waals surface area contributed by atoms with Gasteiger partial charge in [0.2, 0.25) is 0 Å². The van der Waals surface area contributed by atoms with Crippen LogP contribution in [0, 0.1) is 6.92 Å². The van der Waals surface area contributed by atoms with Crippen LogP contribution in [-0.2, 0) is 9.47 Å². The summed E-state index contributed by atoms with van der Waals surface area (Å²) >= 11 is 1.94. The summed E-state index contributed by atoms with van der Waals surface area (Å²) in [6, 6.07) is 8.19. The normalized spacial score (nSPS) is 17.1. The Labute approximate surface area is 144 Å². The molecule has 4 nitrogen and oxygen atoms in total. The Hall–Kier alpha value is -0.750. The van der Waals surface area contributed by atoms with Crippen molar-refractivity contribution in [3.05, 3.63) is 29.8 Å². The average molecular weight is 340 g/mol. The van der Waals surface area contributed by atoms with Crippen molar-refractivity contribution in [3.63, 3.8) is 0 Å². The van der Waals surface area contributed by atoms with Gasteiger partial charge in [-0.05, 0) is 31.2 Å². The van der Waals surface area contributed by atoms with Crippen LogP contribution in [0.5, 0.6) is 5.75 Å². The van der Waals surface area contributed by atoms with E-state index in [9.17, 15) is 0 Å². The molecule has 0 amide bonds. The molecule has 0 N–H and O–H groups in total. The molecular weight excluding hydrogens is 310 g/mol. The van der Waals surface area contributed by atoms with E-state index < -0.39 is 0 Å². The van der Waals surface area contributed by atoms with Gasteiger partial charge in [-0.25, -0.2) is 0 Å². The third-order valence-corrected chi connectivity index (χ3v) is 5.01. The second-order valence-electron chi connectivity index (χ2n) is 5.85. The van der Waals surface area contributed by atoms with Crippen LogP contribution in [0.25, 0.3) is 0 Å². The number of thioether (sulfide) groups is 1. The smallest absolute Gasteiger partial charge is 0.119 e. The van der Waals surface area contributed by atoms with Crippen LogP contribution >= 0.6 is 11.8 Å². The zero-order valence-corrected chi connectivity index (χ0v) is 15.1. The molecule has 0 radical (unpaired) electrons. The molecule has 1 fully saturated rings. The lowest BCUT2D eigenvalue weighted by atomic mass is 10.2. The molecule has 1 atom stereocenters. The van der Waals surface area contributed by atoms with Crippen LogP contribution in [0.3, 0.4) is 0 Å². The van der Waals surface area contributed by atoms with E-state index in [0.29, 0.717) is 13.3 Å². The topological polar surface area (TPSA) is 30.9 Å². The molecule has 0 aliphatic carbocycles. The Morgan fingerprint density at radius 2 is 1.96 bits per heavy atom. The highest BCUT2D eigenvalue weighted by Crippen LogP contribution is 2.14. The Kier molecular flexibility index (Phi) is 8.82. The minimum absolute atomic E-state index is 0.121. The van der Waals surface area contributed by atoms with Gasteiger partial charge in [0.1, 0.15) is 18.5 Å². The van der Waals surface area contributed by atoms with Crippen LogP contribution in [0.15, 0.2) is 24.3 Å². The molecule has 1 aromatic carbocycles. The molecule has 2 rings (SSSR count). The van der Waals surface area contributed by atoms with E-state index in [0.717, 1.165) is 37.8 Å². The average Bonchev–Trinajstić information content (AvgIpc) is 2.59. The Morgan fingerprint density at radius 3 is 2.65 bits per heavy atom. The highest BCUT2D eigenvalue weighted by molar-refractivity contribution is 7.99. The van der Waals surface area contributed by atoms with E-state index >= 15 is 0 Å². The fraction of sp³-hybridized carbons (Fsp3) is 0.667. The maximum Gasteiger partial charge on any atom is 0.119 e. The van der Waals surface area contributed by atoms with E-state index in [1.165, 1.54) is 17.7 Å². The summed E-state index contributed by atoms with van der Waals surface area (Å²) in [5.41, 5.74) is 1.25. The van der Waals surface area contributed by atoms with E-state index in [1.54, 1.807) is 0 Å². The number of hydrogen-bond acceptors (Lipinski definition) is 5. The fourth-order valence-corrected chi connectivity index (χ4v) is 3.18. The van der Waals surface area contributed by atoms with Crippen molar-refractivity contribution in [2.24, 2.45) is 0 Å². The molecule has 1 aliphatic rings. The van der Waals surface area contributed by atoms with Gasteiger partial charge in [-0.15, -0.1) is 0 Å². The minimum atomic E-state index is 0.121. The molecular formula is C18H29NO3S. The lowest BCUT2D eigenvalue weighted by Gasteiger charge is -2.28. The predicted molar refractivity (Wildman–Crippen MR) is 96.4 cm³/mol. The number of nitrogens with zero attached hydrogens (tertiary/aromatic N) is 1. The largest absolute Gasteiger partial charge is 0.491 e. The molecule has 0 bridgehead atoms. The summed E-state index contributed by atoms with van der Waals surface area (Å²) < 4.78 is 17.4. The lowest BCUT2D eigenvalue weighted by molar-refractivity contribution is -0.0636. The number of benzene rings is 1. The van der Waals surface area contributed by atoms with Gasteiger partial charge in [0.15, 0.2) is 0 Å². The van der Waals surface area contributed by atoms with Crippen molar-refractivity contribution in [2.45, 2.75) is 26.4 Å². The van der Waals surface area contributed by atoms with Crippen molar-refractivity contribution >= 4 is 11.8 Å². The molecule has 1 heterocycles. The number of ether oxygens (including phenoxy) is 3. The first-order chi connectivity index (χ1) is 11.3. The molecule has 1 aliphatic heterocycles. The number of rotatable bonds is 10. The molecule has 1 aromatic rings. The quantitative estimate of drug-likeness (QED) is 0.611. The highest BCUT2D eigenvalue weighted by Gasteiger charge is 2.15. The first kappa shape index (κ1) is 18.6. The second kappa shape index (κ2) is 10.9. The summed E-state index contributed by atoms with van der Waals surface area (Å²) in [6.45, 7) is 9.07. The van der Waals surface area contributed by atoms with Gasteiger partial charge >= 0.3 is 0 Å². The molecule has 23 heavy (non-hydrogen) atoms. The SMILES string of the molecule is CCCSCC(COc1ccc(C)cc1)OCN1CCOCC1. The van der Waals surface area contributed by atoms with Crippen molar-refractivity contribution in [3.8, 4) is 5.75 Å². The summed E-state index contributed by atoms with van der Waals surface area (Å²) in [6.07, 6.45) is 1.32. The van der Waals surface area contributed by atoms with Gasteiger partial charge in [0, 0.05) is 18.8 Å². The minimum Gasteiger partial charge on any atom is -0.491 e. The number of hydrogen-bond donors (Lipinski definition) is 0. The van der Waals surface area contributed by atoms with Gasteiger partial charge in [-0.1, -0.05) is 24.6 Å². The molecule has 0 aromatic heterocycles. The van der Waals surface area contributed by atoms with Gasteiger partial charge in [0.25, 0.3) is 0 Å². The first-order valence-electron chi connectivity index (χ1n) is 8.47. The monoisotopic (exact) mass is 339 g/mol. The molecule has 0 saturated carbocycles. The zero-order chi connectivity index (χ0) is 16.3. The lowest BCUT2D eigenvalue weighted by Crippen LogP contribution is -2.40. The Balaban J connectivity index is 1.76. The van der Waals surface area contributed by atoms with E-state index in [4.69, 9.17) is 14.2 Å². The molecule has 130 valence electrons. The second-order valence-corrected chi connectivity index (χ2v) is 7.00. The Morgan fingerprint density at radius 1 is 1.22 bits per heavy atom. The summed E-state index contributed by atoms with van der Waals surface area (Å²) in [5.74, 6) is 3.06. The third kappa shape index (κ3) is 7.57. The number of morpholine rings is 1. The fourth-order valence-electron chi connectivity index (χ4n) is 2.27. The first-order valence-corrected chi connectivity index (χ1v) is 9.62. The van der Waals surface area contributed by atoms with Crippen molar-refractivity contribution < 1.29 is 14.2 Å².